The fourth-order valence-corrected chi connectivity index (χ4v) is 4.20. The first-order valence-corrected chi connectivity index (χ1v) is 10.7. The Morgan fingerprint density at radius 3 is 2.81 bits per heavy atom. The second kappa shape index (κ2) is 10.4. The van der Waals surface area contributed by atoms with Gasteiger partial charge < -0.3 is 10.6 Å². The standard InChI is InChI=1S/C22H31FN8/c1-4-18-14-30(13-17-6-5-7-26-27-17)8-9-31(18)20-12-16(10-15(2)3)11-19(23)21(20)22(24)28-29-25/h5-7,11-12,15,18H,4,8-10,13-14H2,1-3H3,(H3,24,25,28). The molecule has 2 aromatic rings. The lowest BCUT2D eigenvalue weighted by atomic mass is 9.97. The first-order chi connectivity index (χ1) is 14.9. The normalized spacial score (nSPS) is 17.9. The van der Waals surface area contributed by atoms with Gasteiger partial charge in [0.15, 0.2) is 5.84 Å². The molecule has 0 radical (unpaired) electrons. The van der Waals surface area contributed by atoms with E-state index in [-0.39, 0.29) is 17.4 Å². The Balaban J connectivity index is 1.92. The summed E-state index contributed by atoms with van der Waals surface area (Å²) in [6, 6.07) is 7.59. The number of rotatable bonds is 8. The molecule has 1 atom stereocenters. The predicted molar refractivity (Wildman–Crippen MR) is 120 cm³/mol. The first-order valence-electron chi connectivity index (χ1n) is 10.7. The van der Waals surface area contributed by atoms with Crippen LogP contribution in [0.4, 0.5) is 10.1 Å². The Labute approximate surface area is 182 Å². The molecule has 8 nitrogen and oxygen atoms in total. The van der Waals surface area contributed by atoms with Gasteiger partial charge in [-0.2, -0.15) is 15.7 Å². The lowest BCUT2D eigenvalue weighted by molar-refractivity contribution is 0.209. The minimum Gasteiger partial charge on any atom is -0.382 e. The third kappa shape index (κ3) is 5.61. The van der Waals surface area contributed by atoms with E-state index in [4.69, 9.17) is 11.3 Å². The van der Waals surface area contributed by atoms with Crippen LogP contribution in [0.1, 0.15) is 44.0 Å². The van der Waals surface area contributed by atoms with Crippen molar-refractivity contribution in [3.05, 3.63) is 53.1 Å². The number of nitrogens with two attached hydrogens (primary N) is 1. The third-order valence-electron chi connectivity index (χ3n) is 5.55. The van der Waals surface area contributed by atoms with Gasteiger partial charge in [0.25, 0.3) is 0 Å². The molecule has 1 fully saturated rings. The number of amidine groups is 1. The van der Waals surface area contributed by atoms with Crippen molar-refractivity contribution in [2.75, 3.05) is 24.5 Å². The minimum absolute atomic E-state index is 0.0737. The van der Waals surface area contributed by atoms with Gasteiger partial charge in [0.1, 0.15) is 5.82 Å². The van der Waals surface area contributed by atoms with Crippen LogP contribution in [0.25, 0.3) is 0 Å². The number of anilines is 1. The molecule has 0 spiro atoms. The van der Waals surface area contributed by atoms with Crippen LogP contribution < -0.4 is 10.6 Å². The van der Waals surface area contributed by atoms with Crippen molar-refractivity contribution in [1.29, 1.82) is 5.53 Å². The van der Waals surface area contributed by atoms with Crippen molar-refractivity contribution in [3.63, 3.8) is 0 Å². The molecule has 2 heterocycles. The summed E-state index contributed by atoms with van der Waals surface area (Å²) in [5.74, 6) is -0.0940. The van der Waals surface area contributed by atoms with Gasteiger partial charge in [-0.05, 0) is 48.6 Å². The van der Waals surface area contributed by atoms with E-state index in [2.05, 4.69) is 51.1 Å². The van der Waals surface area contributed by atoms with Crippen molar-refractivity contribution in [2.24, 2.45) is 22.0 Å². The van der Waals surface area contributed by atoms with E-state index in [0.29, 0.717) is 5.92 Å². The quantitative estimate of drug-likeness (QED) is 0.290. The largest absolute Gasteiger partial charge is 0.382 e. The number of piperazine rings is 1. The van der Waals surface area contributed by atoms with E-state index in [9.17, 15) is 0 Å². The molecule has 1 aliphatic heterocycles. The Hall–Kier alpha value is -2.94. The Morgan fingerprint density at radius 2 is 2.16 bits per heavy atom. The molecule has 0 bridgehead atoms. The van der Waals surface area contributed by atoms with E-state index in [0.717, 1.165) is 56.0 Å². The molecule has 1 aromatic heterocycles. The maximum absolute atomic E-state index is 15.2. The van der Waals surface area contributed by atoms with Crippen LogP contribution in [-0.2, 0) is 13.0 Å². The summed E-state index contributed by atoms with van der Waals surface area (Å²) in [5, 5.41) is 14.8. The molecular formula is C22H31FN8. The minimum atomic E-state index is -0.421. The number of hydrogen-bond acceptors (Lipinski definition) is 6. The zero-order valence-corrected chi connectivity index (χ0v) is 18.4. The smallest absolute Gasteiger partial charge is 0.160 e. The number of halogens is 1. The molecular weight excluding hydrogens is 395 g/mol. The van der Waals surface area contributed by atoms with Crippen LogP contribution in [0.15, 0.2) is 40.8 Å². The van der Waals surface area contributed by atoms with Crippen LogP contribution in [0.2, 0.25) is 0 Å². The Kier molecular flexibility index (Phi) is 7.62. The second-order valence-corrected chi connectivity index (χ2v) is 8.36. The van der Waals surface area contributed by atoms with Gasteiger partial charge in [0.05, 0.1) is 16.9 Å². The summed E-state index contributed by atoms with van der Waals surface area (Å²) in [5.41, 5.74) is 15.9. The molecule has 3 rings (SSSR count). The highest BCUT2D eigenvalue weighted by Crippen LogP contribution is 2.31. The average molecular weight is 427 g/mol. The number of benzene rings is 1. The van der Waals surface area contributed by atoms with Crippen LogP contribution in [-0.4, -0.2) is 46.6 Å². The van der Waals surface area contributed by atoms with Crippen LogP contribution in [0.5, 0.6) is 0 Å². The van der Waals surface area contributed by atoms with E-state index in [1.165, 1.54) is 6.07 Å². The Bertz CT molecular complexity index is 915. The number of nitrogens with one attached hydrogen (secondary N) is 1. The zero-order chi connectivity index (χ0) is 22.4. The fourth-order valence-electron chi connectivity index (χ4n) is 4.20. The predicted octanol–water partition coefficient (Wildman–Crippen LogP) is 3.57. The van der Waals surface area contributed by atoms with Crippen LogP contribution in [0.3, 0.4) is 0 Å². The SMILES string of the molecule is CCC1CN(Cc2cccnn2)CCN1c1cc(CC(C)C)cc(F)c1C(N)=NN=N. The van der Waals surface area contributed by atoms with Crippen LogP contribution >= 0.6 is 0 Å². The maximum Gasteiger partial charge on any atom is 0.160 e. The third-order valence-corrected chi connectivity index (χ3v) is 5.55. The monoisotopic (exact) mass is 426 g/mol. The van der Waals surface area contributed by atoms with Crippen molar-refractivity contribution < 1.29 is 4.39 Å². The molecule has 31 heavy (non-hydrogen) atoms. The molecule has 9 heteroatoms. The summed E-state index contributed by atoms with van der Waals surface area (Å²) in [4.78, 5) is 4.57. The highest BCUT2D eigenvalue weighted by molar-refractivity contribution is 6.03. The zero-order valence-electron chi connectivity index (χ0n) is 18.4. The van der Waals surface area contributed by atoms with Gasteiger partial charge in [-0.25, -0.2) is 4.39 Å². The highest BCUT2D eigenvalue weighted by Gasteiger charge is 2.30. The van der Waals surface area contributed by atoms with Gasteiger partial charge in [-0.1, -0.05) is 26.0 Å². The van der Waals surface area contributed by atoms with Crippen molar-refractivity contribution >= 4 is 11.5 Å². The molecule has 3 N–H and O–H groups in total. The van der Waals surface area contributed by atoms with Gasteiger partial charge in [0.2, 0.25) is 0 Å². The summed E-state index contributed by atoms with van der Waals surface area (Å²) < 4.78 is 15.2. The Morgan fingerprint density at radius 1 is 1.35 bits per heavy atom. The van der Waals surface area contributed by atoms with Crippen LogP contribution in [0, 0.1) is 17.3 Å². The molecule has 1 aliphatic rings. The van der Waals surface area contributed by atoms with Crippen molar-refractivity contribution in [3.8, 4) is 0 Å². The summed E-state index contributed by atoms with van der Waals surface area (Å²) >= 11 is 0. The average Bonchev–Trinajstić information content (AvgIpc) is 2.73. The van der Waals surface area contributed by atoms with Gasteiger partial charge in [-0.3, -0.25) is 4.90 Å². The summed E-state index contributed by atoms with van der Waals surface area (Å²) in [6.45, 7) is 9.44. The molecule has 0 saturated carbocycles. The molecule has 166 valence electrons. The van der Waals surface area contributed by atoms with E-state index >= 15 is 4.39 Å². The van der Waals surface area contributed by atoms with Gasteiger partial charge >= 0.3 is 0 Å². The molecule has 0 amide bonds. The number of aromatic nitrogens is 2. The molecule has 1 saturated heterocycles. The molecule has 0 aliphatic carbocycles. The number of hydrogen-bond donors (Lipinski definition) is 2. The second-order valence-electron chi connectivity index (χ2n) is 8.36. The van der Waals surface area contributed by atoms with E-state index in [1.54, 1.807) is 6.20 Å². The topological polar surface area (TPSA) is 107 Å². The van der Waals surface area contributed by atoms with Gasteiger partial charge in [0, 0.05) is 38.4 Å². The number of nitrogens with zero attached hydrogens (tertiary/aromatic N) is 6. The van der Waals surface area contributed by atoms with Crippen molar-refractivity contribution in [1.82, 2.24) is 15.1 Å². The first kappa shape index (κ1) is 22.7. The lowest BCUT2D eigenvalue weighted by Gasteiger charge is -2.43. The summed E-state index contributed by atoms with van der Waals surface area (Å²) in [7, 11) is 0. The summed E-state index contributed by atoms with van der Waals surface area (Å²) in [6.07, 6.45) is 3.34. The van der Waals surface area contributed by atoms with Gasteiger partial charge in [-0.15, -0.1) is 5.10 Å². The fraction of sp³-hybridized carbons (Fsp3) is 0.500. The van der Waals surface area contributed by atoms with Crippen molar-refractivity contribution in [2.45, 2.75) is 46.2 Å². The van der Waals surface area contributed by atoms with E-state index < -0.39 is 5.82 Å². The van der Waals surface area contributed by atoms with E-state index in [1.807, 2.05) is 18.2 Å². The molecule has 1 aromatic carbocycles. The maximum atomic E-state index is 15.2. The lowest BCUT2D eigenvalue weighted by Crippen LogP contribution is -2.53. The highest BCUT2D eigenvalue weighted by atomic mass is 19.1. The molecule has 1 unspecified atom stereocenters.